The number of hydrogen-bond donors (Lipinski definition) is 3. The normalized spacial score (nSPS) is 10.2. The zero-order valence-corrected chi connectivity index (χ0v) is 7.72. The zero-order valence-electron chi connectivity index (χ0n) is 7.72. The lowest BCUT2D eigenvalue weighted by Crippen LogP contribution is -2.24. The van der Waals surface area contributed by atoms with Crippen molar-refractivity contribution < 1.29 is 19.4 Å². The van der Waals surface area contributed by atoms with Gasteiger partial charge in [-0.3, -0.25) is 9.78 Å². The van der Waals surface area contributed by atoms with Crippen LogP contribution < -0.4 is 16.0 Å². The number of ether oxygens (including phenoxy) is 1. The number of carboxylic acids is 1. The smallest absolute Gasteiger partial charge is 0.336 e. The van der Waals surface area contributed by atoms with Gasteiger partial charge in [-0.25, -0.2) is 14.4 Å². The van der Waals surface area contributed by atoms with Crippen molar-refractivity contribution in [2.24, 2.45) is 0 Å². The Morgan fingerprint density at radius 3 is 2.56 bits per heavy atom. The van der Waals surface area contributed by atoms with Gasteiger partial charge in [0.2, 0.25) is 5.75 Å². The molecule has 1 aromatic rings. The lowest BCUT2D eigenvalue weighted by Gasteiger charge is -1.97. The zero-order chi connectivity index (χ0) is 12.1. The predicted octanol–water partition coefficient (Wildman–Crippen LogP) is -1.39. The summed E-state index contributed by atoms with van der Waals surface area (Å²) in [5.74, 6) is -2.80. The van der Waals surface area contributed by atoms with E-state index in [9.17, 15) is 19.2 Å². The van der Waals surface area contributed by atoms with E-state index in [1.54, 1.807) is 0 Å². The molecule has 0 aromatic carbocycles. The number of carbonyl (C=O) groups excluding carboxylic acids is 1. The second-order valence-electron chi connectivity index (χ2n) is 2.53. The number of carboxylic acid groups (broad SMARTS) is 1. The standard InChI is InChI=1S/C8H6N2O6/c11-5(12)1-2-6(13)16-4-3-9-8(15)10-7(4)14/h1-3H,(H,11,12)(H2,9,10,14,15)/b2-1+. The van der Waals surface area contributed by atoms with Crippen LogP contribution in [-0.2, 0) is 9.59 Å². The fourth-order valence-corrected chi connectivity index (χ4v) is 0.755. The van der Waals surface area contributed by atoms with E-state index >= 15 is 0 Å². The van der Waals surface area contributed by atoms with E-state index < -0.39 is 28.9 Å². The fourth-order valence-electron chi connectivity index (χ4n) is 0.755. The van der Waals surface area contributed by atoms with Crippen molar-refractivity contribution >= 4 is 11.9 Å². The summed E-state index contributed by atoms with van der Waals surface area (Å²) >= 11 is 0. The van der Waals surface area contributed by atoms with E-state index in [0.717, 1.165) is 6.20 Å². The number of carbonyl (C=O) groups is 2. The van der Waals surface area contributed by atoms with Crippen LogP contribution in [0, 0.1) is 0 Å². The third-order valence-electron chi connectivity index (χ3n) is 1.36. The molecular weight excluding hydrogens is 220 g/mol. The first-order chi connectivity index (χ1) is 7.49. The van der Waals surface area contributed by atoms with Crippen molar-refractivity contribution in [2.75, 3.05) is 0 Å². The Hall–Kier alpha value is -2.64. The second-order valence-corrected chi connectivity index (χ2v) is 2.53. The highest BCUT2D eigenvalue weighted by atomic mass is 16.5. The molecule has 0 atom stereocenters. The molecule has 0 unspecified atom stereocenters. The van der Waals surface area contributed by atoms with Crippen LogP contribution >= 0.6 is 0 Å². The average Bonchev–Trinajstić information content (AvgIpc) is 2.19. The molecule has 0 bridgehead atoms. The topological polar surface area (TPSA) is 129 Å². The first-order valence-corrected chi connectivity index (χ1v) is 3.94. The summed E-state index contributed by atoms with van der Waals surface area (Å²) in [5, 5.41) is 8.21. The van der Waals surface area contributed by atoms with Gasteiger partial charge in [0.1, 0.15) is 0 Å². The number of aromatic amines is 2. The summed E-state index contributed by atoms with van der Waals surface area (Å²) in [7, 11) is 0. The maximum Gasteiger partial charge on any atom is 0.336 e. The van der Waals surface area contributed by atoms with Crippen molar-refractivity contribution in [2.45, 2.75) is 0 Å². The fraction of sp³-hybridized carbons (Fsp3) is 0. The minimum absolute atomic E-state index is 0.431. The first-order valence-electron chi connectivity index (χ1n) is 3.94. The van der Waals surface area contributed by atoms with Crippen molar-refractivity contribution in [3.63, 3.8) is 0 Å². The van der Waals surface area contributed by atoms with Crippen LogP contribution in [0.1, 0.15) is 0 Å². The molecular formula is C8H6N2O6. The number of aromatic nitrogens is 2. The Bertz CT molecular complexity index is 552. The molecule has 1 heterocycles. The van der Waals surface area contributed by atoms with Gasteiger partial charge in [-0.15, -0.1) is 0 Å². The lowest BCUT2D eigenvalue weighted by molar-refractivity contribution is -0.133. The third-order valence-corrected chi connectivity index (χ3v) is 1.36. The van der Waals surface area contributed by atoms with Gasteiger partial charge < -0.3 is 14.8 Å². The molecule has 0 aliphatic carbocycles. The highest BCUT2D eigenvalue weighted by molar-refractivity contribution is 5.91. The van der Waals surface area contributed by atoms with Gasteiger partial charge in [-0.1, -0.05) is 0 Å². The van der Waals surface area contributed by atoms with Gasteiger partial charge in [0.05, 0.1) is 6.20 Å². The quantitative estimate of drug-likeness (QED) is 0.429. The molecule has 8 nitrogen and oxygen atoms in total. The molecule has 0 saturated heterocycles. The second kappa shape index (κ2) is 4.73. The molecule has 0 saturated carbocycles. The molecule has 3 N–H and O–H groups in total. The monoisotopic (exact) mass is 226 g/mol. The van der Waals surface area contributed by atoms with Crippen LogP contribution in [0.4, 0.5) is 0 Å². The van der Waals surface area contributed by atoms with Crippen LogP contribution in [0.15, 0.2) is 27.9 Å². The number of hydrogen-bond acceptors (Lipinski definition) is 5. The number of esters is 1. The SMILES string of the molecule is O=C(O)/C=C/C(=O)Oc1c[nH]c(=O)[nH]c1=O. The minimum atomic E-state index is -1.33. The molecule has 8 heteroatoms. The van der Waals surface area contributed by atoms with Crippen molar-refractivity contribution in [3.8, 4) is 5.75 Å². The van der Waals surface area contributed by atoms with Crippen LogP contribution in [0.25, 0.3) is 0 Å². The Balaban J connectivity index is 2.82. The van der Waals surface area contributed by atoms with E-state index in [4.69, 9.17) is 5.11 Å². The molecule has 1 aromatic heterocycles. The van der Waals surface area contributed by atoms with Crippen molar-refractivity contribution in [1.82, 2.24) is 9.97 Å². The Morgan fingerprint density at radius 2 is 2.00 bits per heavy atom. The molecule has 0 fully saturated rings. The minimum Gasteiger partial charge on any atom is -0.478 e. The Morgan fingerprint density at radius 1 is 1.31 bits per heavy atom. The third kappa shape index (κ3) is 3.25. The van der Waals surface area contributed by atoms with Crippen molar-refractivity contribution in [3.05, 3.63) is 39.2 Å². The molecule has 0 aliphatic heterocycles. The molecule has 0 amide bonds. The summed E-state index contributed by atoms with van der Waals surface area (Å²) < 4.78 is 4.45. The summed E-state index contributed by atoms with van der Waals surface area (Å²) in [6.45, 7) is 0. The predicted molar refractivity (Wildman–Crippen MR) is 50.1 cm³/mol. The van der Waals surface area contributed by atoms with Gasteiger partial charge in [-0.2, -0.15) is 0 Å². The van der Waals surface area contributed by atoms with Crippen LogP contribution in [0.5, 0.6) is 5.75 Å². The van der Waals surface area contributed by atoms with E-state index in [1.165, 1.54) is 0 Å². The van der Waals surface area contributed by atoms with Crippen LogP contribution in [0.3, 0.4) is 0 Å². The average molecular weight is 226 g/mol. The van der Waals surface area contributed by atoms with Gasteiger partial charge in [0.25, 0.3) is 5.56 Å². The highest BCUT2D eigenvalue weighted by Crippen LogP contribution is 1.96. The molecule has 1 rings (SSSR count). The maximum atomic E-state index is 11.0. The summed E-state index contributed by atoms with van der Waals surface area (Å²) in [6, 6.07) is 0. The van der Waals surface area contributed by atoms with Gasteiger partial charge in [-0.05, 0) is 0 Å². The molecule has 16 heavy (non-hydrogen) atoms. The van der Waals surface area contributed by atoms with Gasteiger partial charge >= 0.3 is 17.6 Å². The van der Waals surface area contributed by atoms with E-state index in [2.05, 4.69) is 9.72 Å². The molecule has 0 spiro atoms. The largest absolute Gasteiger partial charge is 0.478 e. The number of aliphatic carboxylic acids is 1. The first kappa shape index (κ1) is 11.4. The highest BCUT2D eigenvalue weighted by Gasteiger charge is 2.05. The Labute approximate surface area is 87.2 Å². The van der Waals surface area contributed by atoms with E-state index in [0.29, 0.717) is 12.2 Å². The number of rotatable bonds is 3. The molecule has 84 valence electrons. The van der Waals surface area contributed by atoms with E-state index in [1.807, 2.05) is 4.98 Å². The summed E-state index contributed by atoms with van der Waals surface area (Å²) in [5.41, 5.74) is -1.63. The molecule has 0 aliphatic rings. The Kier molecular flexibility index (Phi) is 3.38. The number of H-pyrrole nitrogens is 2. The lowest BCUT2D eigenvalue weighted by atomic mass is 10.5. The van der Waals surface area contributed by atoms with E-state index in [-0.39, 0.29) is 0 Å². The van der Waals surface area contributed by atoms with Crippen LogP contribution in [-0.4, -0.2) is 27.0 Å². The summed E-state index contributed by atoms with van der Waals surface area (Å²) in [4.78, 5) is 46.5. The maximum absolute atomic E-state index is 11.0. The van der Waals surface area contributed by atoms with Gasteiger partial charge in [0, 0.05) is 12.2 Å². The van der Waals surface area contributed by atoms with Crippen LogP contribution in [0.2, 0.25) is 0 Å². The summed E-state index contributed by atoms with van der Waals surface area (Å²) in [6.07, 6.45) is 2.09. The van der Waals surface area contributed by atoms with Gasteiger partial charge in [0.15, 0.2) is 0 Å². The molecule has 0 radical (unpaired) electrons. The number of nitrogens with one attached hydrogen (secondary N) is 2. The van der Waals surface area contributed by atoms with Crippen molar-refractivity contribution in [1.29, 1.82) is 0 Å².